The van der Waals surface area contributed by atoms with E-state index in [2.05, 4.69) is 53.7 Å². The van der Waals surface area contributed by atoms with E-state index in [1.807, 2.05) is 18.2 Å². The van der Waals surface area contributed by atoms with E-state index in [0.29, 0.717) is 12.2 Å². The van der Waals surface area contributed by atoms with Gasteiger partial charge in [0.05, 0.1) is 0 Å². The molecule has 270 valence electrons. The lowest BCUT2D eigenvalue weighted by Gasteiger charge is -2.36. The van der Waals surface area contributed by atoms with Gasteiger partial charge in [0.2, 0.25) is 0 Å². The van der Waals surface area contributed by atoms with Crippen LogP contribution in [-0.4, -0.2) is 11.6 Å². The third-order valence-corrected chi connectivity index (χ3v) is 10.5. The first-order valence-corrected chi connectivity index (χ1v) is 20.4. The molecule has 1 aliphatic heterocycles. The zero-order valence-electron chi connectivity index (χ0n) is 32.0. The number of rotatable bonds is 28. The SMILES string of the molecule is CCCCCCCC/C=C\CCCCCCCC(=O)Oc1ccc2c(c1)CCC(C)(CCCC(C)CCCC(C)CCCC(C)C)O2. The van der Waals surface area contributed by atoms with Crippen LogP contribution in [0.25, 0.3) is 0 Å². The van der Waals surface area contributed by atoms with Crippen LogP contribution in [0.5, 0.6) is 11.5 Å². The molecule has 1 aliphatic rings. The first-order valence-electron chi connectivity index (χ1n) is 20.4. The van der Waals surface area contributed by atoms with Crippen molar-refractivity contribution in [2.75, 3.05) is 0 Å². The predicted octanol–water partition coefficient (Wildman–Crippen LogP) is 14.2. The summed E-state index contributed by atoms with van der Waals surface area (Å²) in [6.45, 7) is 14.1. The number of unbranched alkanes of at least 4 members (excludes halogenated alkanes) is 11. The first kappa shape index (κ1) is 41.4. The zero-order valence-corrected chi connectivity index (χ0v) is 32.0. The molecule has 2 rings (SSSR count). The molecule has 3 atom stereocenters. The van der Waals surface area contributed by atoms with Crippen LogP contribution in [0.3, 0.4) is 0 Å². The summed E-state index contributed by atoms with van der Waals surface area (Å²) in [6, 6.07) is 5.95. The number of carbonyl (C=O) groups excluding carboxylic acids is 1. The van der Waals surface area contributed by atoms with Crippen molar-refractivity contribution in [1.29, 1.82) is 0 Å². The van der Waals surface area contributed by atoms with Crippen LogP contribution in [-0.2, 0) is 11.2 Å². The van der Waals surface area contributed by atoms with Crippen LogP contribution < -0.4 is 9.47 Å². The zero-order chi connectivity index (χ0) is 34.2. The van der Waals surface area contributed by atoms with Crippen molar-refractivity contribution >= 4 is 5.97 Å². The van der Waals surface area contributed by atoms with Gasteiger partial charge < -0.3 is 9.47 Å². The molecule has 0 aromatic heterocycles. The molecular formula is C44H76O3. The molecule has 0 spiro atoms. The van der Waals surface area contributed by atoms with Gasteiger partial charge in [-0.15, -0.1) is 0 Å². The standard InChI is InChI=1S/C44H76O3/c1-7-8-9-10-11-12-13-14-15-16-17-18-19-20-21-30-43(45)46-41-31-32-42-40(36-41)33-35-44(6,47-42)34-24-29-39(5)28-23-27-38(4)26-22-25-37(2)3/h14-15,31-32,36-39H,7-13,16-30,33-35H2,1-6H3/b15-14-. The van der Waals surface area contributed by atoms with Gasteiger partial charge in [-0.25, -0.2) is 0 Å². The highest BCUT2D eigenvalue weighted by Crippen LogP contribution is 2.38. The molecule has 0 saturated heterocycles. The molecule has 0 saturated carbocycles. The van der Waals surface area contributed by atoms with Crippen LogP contribution >= 0.6 is 0 Å². The normalized spacial score (nSPS) is 17.5. The Labute approximate surface area is 292 Å². The Morgan fingerprint density at radius 1 is 0.766 bits per heavy atom. The van der Waals surface area contributed by atoms with Gasteiger partial charge in [0.15, 0.2) is 0 Å². The van der Waals surface area contributed by atoms with Crippen molar-refractivity contribution in [3.63, 3.8) is 0 Å². The molecule has 0 aliphatic carbocycles. The van der Waals surface area contributed by atoms with Gasteiger partial charge in [0.1, 0.15) is 17.1 Å². The highest BCUT2D eigenvalue weighted by molar-refractivity contribution is 5.72. The first-order chi connectivity index (χ1) is 22.7. The molecule has 0 amide bonds. The van der Waals surface area contributed by atoms with E-state index < -0.39 is 0 Å². The summed E-state index contributed by atoms with van der Waals surface area (Å²) in [6.07, 6.45) is 35.5. The minimum absolute atomic E-state index is 0.0975. The number of fused-ring (bicyclic) bond motifs is 1. The molecule has 3 unspecified atom stereocenters. The lowest BCUT2D eigenvalue weighted by Crippen LogP contribution is -2.36. The lowest BCUT2D eigenvalue weighted by atomic mass is 9.86. The lowest BCUT2D eigenvalue weighted by molar-refractivity contribution is -0.134. The van der Waals surface area contributed by atoms with Crippen LogP contribution in [0.4, 0.5) is 0 Å². The minimum atomic E-state index is -0.112. The fourth-order valence-electron chi connectivity index (χ4n) is 7.13. The predicted molar refractivity (Wildman–Crippen MR) is 204 cm³/mol. The van der Waals surface area contributed by atoms with Crippen molar-refractivity contribution in [2.45, 2.75) is 208 Å². The molecule has 3 nitrogen and oxygen atoms in total. The van der Waals surface area contributed by atoms with Gasteiger partial charge in [-0.3, -0.25) is 4.79 Å². The number of ether oxygens (including phenoxy) is 2. The maximum absolute atomic E-state index is 12.5. The van der Waals surface area contributed by atoms with Gasteiger partial charge in [-0.1, -0.05) is 143 Å². The van der Waals surface area contributed by atoms with Gasteiger partial charge in [-0.05, 0) is 106 Å². The Morgan fingerprint density at radius 2 is 1.34 bits per heavy atom. The van der Waals surface area contributed by atoms with E-state index in [1.165, 1.54) is 128 Å². The Balaban J connectivity index is 1.53. The highest BCUT2D eigenvalue weighted by Gasteiger charge is 2.31. The largest absolute Gasteiger partial charge is 0.487 e. The summed E-state index contributed by atoms with van der Waals surface area (Å²) in [5, 5.41) is 0. The van der Waals surface area contributed by atoms with E-state index in [0.717, 1.165) is 55.6 Å². The summed E-state index contributed by atoms with van der Waals surface area (Å²) >= 11 is 0. The fourth-order valence-corrected chi connectivity index (χ4v) is 7.13. The molecule has 47 heavy (non-hydrogen) atoms. The second-order valence-corrected chi connectivity index (χ2v) is 16.0. The monoisotopic (exact) mass is 653 g/mol. The number of allylic oxidation sites excluding steroid dienone is 2. The Morgan fingerprint density at radius 3 is 1.98 bits per heavy atom. The number of carbonyl (C=O) groups is 1. The molecule has 1 aromatic carbocycles. The topological polar surface area (TPSA) is 35.5 Å². The van der Waals surface area contributed by atoms with Crippen LogP contribution in [0.1, 0.15) is 201 Å². The molecule has 0 bridgehead atoms. The molecule has 0 N–H and O–H groups in total. The van der Waals surface area contributed by atoms with Gasteiger partial charge in [0, 0.05) is 6.42 Å². The maximum atomic E-state index is 12.5. The van der Waals surface area contributed by atoms with E-state index in [1.54, 1.807) is 0 Å². The van der Waals surface area contributed by atoms with Crippen LogP contribution in [0.2, 0.25) is 0 Å². The molecular weight excluding hydrogens is 576 g/mol. The number of benzene rings is 1. The van der Waals surface area contributed by atoms with Crippen molar-refractivity contribution in [1.82, 2.24) is 0 Å². The summed E-state index contributed by atoms with van der Waals surface area (Å²) in [5.74, 6) is 4.02. The van der Waals surface area contributed by atoms with E-state index in [9.17, 15) is 4.79 Å². The third-order valence-electron chi connectivity index (χ3n) is 10.5. The van der Waals surface area contributed by atoms with Crippen molar-refractivity contribution in [2.24, 2.45) is 17.8 Å². The highest BCUT2D eigenvalue weighted by atomic mass is 16.5. The maximum Gasteiger partial charge on any atom is 0.311 e. The minimum Gasteiger partial charge on any atom is -0.487 e. The Hall–Kier alpha value is -1.77. The van der Waals surface area contributed by atoms with Crippen LogP contribution in [0, 0.1) is 17.8 Å². The molecule has 0 radical (unpaired) electrons. The van der Waals surface area contributed by atoms with E-state index in [-0.39, 0.29) is 11.6 Å². The van der Waals surface area contributed by atoms with Gasteiger partial charge >= 0.3 is 5.97 Å². The fraction of sp³-hybridized carbons (Fsp3) is 0.795. The molecule has 0 fully saturated rings. The average molecular weight is 653 g/mol. The smallest absolute Gasteiger partial charge is 0.311 e. The van der Waals surface area contributed by atoms with Crippen molar-refractivity contribution in [3.05, 3.63) is 35.9 Å². The summed E-state index contributed by atoms with van der Waals surface area (Å²) in [5.41, 5.74) is 1.07. The number of aryl methyl sites for hydroxylation is 1. The quantitative estimate of drug-likeness (QED) is 0.0391. The van der Waals surface area contributed by atoms with E-state index in [4.69, 9.17) is 9.47 Å². The number of hydrogen-bond donors (Lipinski definition) is 0. The second kappa shape index (κ2) is 25.2. The summed E-state index contributed by atoms with van der Waals surface area (Å²) in [7, 11) is 0. The molecule has 1 heterocycles. The second-order valence-electron chi connectivity index (χ2n) is 16.0. The Bertz CT molecular complexity index is 965. The van der Waals surface area contributed by atoms with Gasteiger partial charge in [0.25, 0.3) is 0 Å². The summed E-state index contributed by atoms with van der Waals surface area (Å²) in [4.78, 5) is 12.5. The average Bonchev–Trinajstić information content (AvgIpc) is 3.03. The Kier molecular flexibility index (Phi) is 22.2. The van der Waals surface area contributed by atoms with E-state index >= 15 is 0 Å². The molecule has 1 aromatic rings. The number of esters is 1. The van der Waals surface area contributed by atoms with Crippen LogP contribution in [0.15, 0.2) is 30.4 Å². The molecule has 3 heteroatoms. The number of hydrogen-bond acceptors (Lipinski definition) is 3. The summed E-state index contributed by atoms with van der Waals surface area (Å²) < 4.78 is 12.3. The van der Waals surface area contributed by atoms with Crippen molar-refractivity contribution < 1.29 is 14.3 Å². The van der Waals surface area contributed by atoms with Crippen molar-refractivity contribution in [3.8, 4) is 11.5 Å². The third kappa shape index (κ3) is 20.4. The van der Waals surface area contributed by atoms with Gasteiger partial charge in [-0.2, -0.15) is 0 Å².